The zero-order valence-corrected chi connectivity index (χ0v) is 11.5. The lowest BCUT2D eigenvalue weighted by Crippen LogP contribution is -2.31. The molecular formula is C12H17NO4S. The van der Waals surface area contributed by atoms with Gasteiger partial charge in [-0.1, -0.05) is 17.7 Å². The summed E-state index contributed by atoms with van der Waals surface area (Å²) >= 11 is 0. The first-order chi connectivity index (χ1) is 8.31. The summed E-state index contributed by atoms with van der Waals surface area (Å²) in [6.07, 6.45) is -1.02. The lowest BCUT2D eigenvalue weighted by molar-refractivity contribution is 0.117. The van der Waals surface area contributed by atoms with Gasteiger partial charge in [0.1, 0.15) is 5.88 Å². The maximum Gasteiger partial charge on any atom is 0.408 e. The summed E-state index contributed by atoms with van der Waals surface area (Å²) in [6, 6.07) is 6.44. The van der Waals surface area contributed by atoms with Crippen molar-refractivity contribution in [2.24, 2.45) is 0 Å². The molecule has 0 spiro atoms. The number of aryl methyl sites for hydroxylation is 1. The van der Waals surface area contributed by atoms with Crippen molar-refractivity contribution in [3.05, 3.63) is 29.8 Å². The van der Waals surface area contributed by atoms with Crippen molar-refractivity contribution in [2.45, 2.75) is 31.8 Å². The quantitative estimate of drug-likeness (QED) is 0.907. The second-order valence-corrected chi connectivity index (χ2v) is 6.19. The smallest absolute Gasteiger partial charge is 0.408 e. The van der Waals surface area contributed by atoms with Gasteiger partial charge in [0.2, 0.25) is 0 Å². The number of alkyl carbamates (subject to hydrolysis) is 1. The van der Waals surface area contributed by atoms with Crippen LogP contribution in [0.3, 0.4) is 0 Å². The number of hydrogen-bond acceptors (Lipinski definition) is 4. The second-order valence-electron chi connectivity index (χ2n) is 4.20. The first-order valence-corrected chi connectivity index (χ1v) is 7.20. The van der Waals surface area contributed by atoms with Crippen molar-refractivity contribution in [3.63, 3.8) is 0 Å². The molecule has 1 amide bonds. The van der Waals surface area contributed by atoms with Crippen LogP contribution in [0.25, 0.3) is 0 Å². The van der Waals surface area contributed by atoms with Crippen LogP contribution in [0.15, 0.2) is 29.2 Å². The van der Waals surface area contributed by atoms with E-state index in [-0.39, 0.29) is 11.0 Å². The van der Waals surface area contributed by atoms with E-state index in [0.717, 1.165) is 5.56 Å². The molecule has 1 rings (SSSR count). The average molecular weight is 271 g/mol. The molecule has 0 aromatic heterocycles. The summed E-state index contributed by atoms with van der Waals surface area (Å²) in [6.45, 7) is 5.25. The lowest BCUT2D eigenvalue weighted by atomic mass is 10.2. The van der Waals surface area contributed by atoms with Gasteiger partial charge in [0.25, 0.3) is 0 Å². The molecule has 0 aliphatic carbocycles. The van der Waals surface area contributed by atoms with Crippen LogP contribution in [0.4, 0.5) is 4.79 Å². The topological polar surface area (TPSA) is 72.5 Å². The Morgan fingerprint density at radius 3 is 2.33 bits per heavy atom. The summed E-state index contributed by atoms with van der Waals surface area (Å²) in [5.74, 6) is -0.471. The van der Waals surface area contributed by atoms with E-state index >= 15 is 0 Å². The van der Waals surface area contributed by atoms with Gasteiger partial charge in [-0.2, -0.15) is 0 Å². The molecule has 0 saturated carbocycles. The van der Waals surface area contributed by atoms with Gasteiger partial charge in [0.15, 0.2) is 9.84 Å². The van der Waals surface area contributed by atoms with Gasteiger partial charge in [-0.25, -0.2) is 13.2 Å². The van der Waals surface area contributed by atoms with Gasteiger partial charge in [0, 0.05) is 0 Å². The van der Waals surface area contributed by atoms with Crippen LogP contribution < -0.4 is 5.32 Å². The molecule has 1 aromatic carbocycles. The van der Waals surface area contributed by atoms with Crippen molar-refractivity contribution in [1.82, 2.24) is 5.32 Å². The Morgan fingerprint density at radius 1 is 1.28 bits per heavy atom. The van der Waals surface area contributed by atoms with E-state index in [1.54, 1.807) is 26.0 Å². The van der Waals surface area contributed by atoms with Gasteiger partial charge < -0.3 is 10.1 Å². The maximum absolute atomic E-state index is 11.9. The molecule has 1 N–H and O–H groups in total. The molecule has 5 nitrogen and oxygen atoms in total. The lowest BCUT2D eigenvalue weighted by Gasteiger charge is -2.10. The highest BCUT2D eigenvalue weighted by atomic mass is 32.2. The Balaban J connectivity index is 2.66. The number of carbonyl (C=O) groups excluding carboxylic acids is 1. The van der Waals surface area contributed by atoms with Crippen LogP contribution in [0.2, 0.25) is 0 Å². The third kappa shape index (κ3) is 4.37. The predicted molar refractivity (Wildman–Crippen MR) is 68.0 cm³/mol. The molecule has 100 valence electrons. The van der Waals surface area contributed by atoms with Gasteiger partial charge in [-0.3, -0.25) is 0 Å². The molecule has 6 heteroatoms. The number of sulfone groups is 1. The number of nitrogens with one attached hydrogen (secondary N) is 1. The Morgan fingerprint density at radius 2 is 1.83 bits per heavy atom. The monoisotopic (exact) mass is 271 g/mol. The van der Waals surface area contributed by atoms with E-state index in [4.69, 9.17) is 4.74 Å². The molecule has 0 radical (unpaired) electrons. The van der Waals surface area contributed by atoms with Crippen LogP contribution in [-0.2, 0) is 14.6 Å². The highest BCUT2D eigenvalue weighted by molar-refractivity contribution is 7.91. The van der Waals surface area contributed by atoms with Crippen molar-refractivity contribution in [1.29, 1.82) is 0 Å². The minimum atomic E-state index is -3.52. The summed E-state index contributed by atoms with van der Waals surface area (Å²) in [7, 11) is -3.52. The van der Waals surface area contributed by atoms with Crippen molar-refractivity contribution < 1.29 is 17.9 Å². The molecule has 0 heterocycles. The van der Waals surface area contributed by atoms with Crippen LogP contribution in [0.1, 0.15) is 19.4 Å². The number of carbonyl (C=O) groups is 1. The van der Waals surface area contributed by atoms with E-state index < -0.39 is 21.8 Å². The molecule has 0 fully saturated rings. The molecule has 0 unspecified atom stereocenters. The zero-order chi connectivity index (χ0) is 13.8. The van der Waals surface area contributed by atoms with E-state index in [0.29, 0.717) is 0 Å². The Kier molecular flexibility index (Phi) is 4.72. The first-order valence-electron chi connectivity index (χ1n) is 5.55. The second kappa shape index (κ2) is 5.86. The number of amides is 1. The van der Waals surface area contributed by atoms with Crippen LogP contribution in [0.5, 0.6) is 0 Å². The highest BCUT2D eigenvalue weighted by Crippen LogP contribution is 2.11. The normalized spacial score (nSPS) is 11.3. The van der Waals surface area contributed by atoms with Crippen LogP contribution in [0, 0.1) is 6.92 Å². The van der Waals surface area contributed by atoms with Crippen molar-refractivity contribution in [3.8, 4) is 0 Å². The largest absolute Gasteiger partial charge is 0.447 e. The zero-order valence-electron chi connectivity index (χ0n) is 10.6. The fourth-order valence-corrected chi connectivity index (χ4v) is 2.26. The van der Waals surface area contributed by atoms with Crippen molar-refractivity contribution >= 4 is 15.9 Å². The molecule has 18 heavy (non-hydrogen) atoms. The summed E-state index contributed by atoms with van der Waals surface area (Å²) in [5, 5.41) is 2.22. The molecule has 0 saturated heterocycles. The fraction of sp³-hybridized carbons (Fsp3) is 0.417. The van der Waals surface area contributed by atoms with E-state index in [1.807, 2.05) is 6.92 Å². The van der Waals surface area contributed by atoms with Crippen LogP contribution in [-0.4, -0.2) is 26.5 Å². The summed E-state index contributed by atoms with van der Waals surface area (Å²) < 4.78 is 28.5. The van der Waals surface area contributed by atoms with Gasteiger partial charge >= 0.3 is 6.09 Å². The molecule has 0 aliphatic rings. The Bertz CT molecular complexity index is 505. The van der Waals surface area contributed by atoms with Crippen molar-refractivity contribution in [2.75, 3.05) is 5.88 Å². The number of hydrogen-bond donors (Lipinski definition) is 1. The predicted octanol–water partition coefficient (Wildman–Crippen LogP) is 1.86. The summed E-state index contributed by atoms with van der Waals surface area (Å²) in [5.41, 5.74) is 0.973. The number of rotatable bonds is 4. The Labute approximate surface area is 107 Å². The van der Waals surface area contributed by atoms with E-state index in [2.05, 4.69) is 5.32 Å². The minimum absolute atomic E-state index is 0.179. The molecule has 0 bridgehead atoms. The molecule has 0 atom stereocenters. The standard InChI is InChI=1S/C12H17NO4S/c1-9(2)17-12(14)13-8-18(15,16)11-6-4-10(3)5-7-11/h4-7,9H,8H2,1-3H3,(H,13,14). The van der Waals surface area contributed by atoms with E-state index in [9.17, 15) is 13.2 Å². The maximum atomic E-state index is 11.9. The first kappa shape index (κ1) is 14.5. The minimum Gasteiger partial charge on any atom is -0.447 e. The SMILES string of the molecule is Cc1ccc(S(=O)(=O)CNC(=O)OC(C)C)cc1. The molecule has 0 aliphatic heterocycles. The van der Waals surface area contributed by atoms with Gasteiger partial charge in [-0.15, -0.1) is 0 Å². The molecular weight excluding hydrogens is 254 g/mol. The number of ether oxygens (including phenoxy) is 1. The average Bonchev–Trinajstić information content (AvgIpc) is 2.26. The molecule has 1 aromatic rings. The summed E-state index contributed by atoms with van der Waals surface area (Å²) in [4.78, 5) is 11.4. The highest BCUT2D eigenvalue weighted by Gasteiger charge is 2.16. The Hall–Kier alpha value is -1.56. The van der Waals surface area contributed by atoms with Gasteiger partial charge in [-0.05, 0) is 32.9 Å². The van der Waals surface area contributed by atoms with Gasteiger partial charge in [0.05, 0.1) is 11.0 Å². The third-order valence-electron chi connectivity index (χ3n) is 2.13. The van der Waals surface area contributed by atoms with E-state index in [1.165, 1.54) is 12.1 Å². The third-order valence-corrected chi connectivity index (χ3v) is 3.64. The van der Waals surface area contributed by atoms with Crippen LogP contribution >= 0.6 is 0 Å². The number of benzene rings is 1. The fourth-order valence-electron chi connectivity index (χ4n) is 1.24.